The van der Waals surface area contributed by atoms with Crippen LogP contribution < -0.4 is 4.65 Å². The summed E-state index contributed by atoms with van der Waals surface area (Å²) >= 11 is 17.6. The van der Waals surface area contributed by atoms with E-state index in [1.165, 1.54) is 21.5 Å². The van der Waals surface area contributed by atoms with E-state index in [0.29, 0.717) is 30.9 Å². The first-order valence-corrected chi connectivity index (χ1v) is 22.4. The number of hydrogen-bond donors (Lipinski definition) is 1. The highest BCUT2D eigenvalue weighted by Crippen LogP contribution is 2.34. The van der Waals surface area contributed by atoms with Gasteiger partial charge in [-0.25, -0.2) is 4.98 Å². The van der Waals surface area contributed by atoms with Gasteiger partial charge < -0.3 is 18.8 Å². The molecule has 327 valence electrons. The highest BCUT2D eigenvalue weighted by molar-refractivity contribution is 6.31. The molecule has 0 fully saturated rings. The van der Waals surface area contributed by atoms with Crippen LogP contribution in [-0.4, -0.2) is 51.7 Å². The van der Waals surface area contributed by atoms with Crippen molar-refractivity contribution in [2.75, 3.05) is 0 Å². The van der Waals surface area contributed by atoms with Crippen LogP contribution in [-0.2, 0) is 0 Å². The second kappa shape index (κ2) is 19.9. The Kier molecular flexibility index (Phi) is 12.9. The third-order valence-electron chi connectivity index (χ3n) is 11.0. The fraction of sp³-hybridized carbons (Fsp3) is 0. The summed E-state index contributed by atoms with van der Waals surface area (Å²) in [6.45, 7) is 0. The molecule has 4 heterocycles. The number of rotatable bonds is 7. The Morgan fingerprint density at radius 3 is 1.16 bits per heavy atom. The summed E-state index contributed by atoms with van der Waals surface area (Å²) in [6, 6.07) is 68.7. The number of aromatic nitrogens is 8. The molecule has 1 N–H and O–H groups in total. The predicted molar refractivity (Wildman–Crippen MR) is 275 cm³/mol. The molecule has 0 bridgehead atoms. The Morgan fingerprint density at radius 2 is 0.706 bits per heavy atom. The van der Waals surface area contributed by atoms with Crippen molar-refractivity contribution < 1.29 is 9.68 Å². The summed E-state index contributed by atoms with van der Waals surface area (Å²) in [5.74, 6) is 2.19. The van der Waals surface area contributed by atoms with Gasteiger partial charge in [0.15, 0.2) is 17.5 Å². The van der Waals surface area contributed by atoms with Gasteiger partial charge in [-0.05, 0) is 83.3 Å². The van der Waals surface area contributed by atoms with Crippen LogP contribution in [0.5, 0.6) is 5.75 Å². The Morgan fingerprint density at radius 1 is 0.353 bits per heavy atom. The van der Waals surface area contributed by atoms with Crippen LogP contribution in [0.1, 0.15) is 0 Å². The Labute approximate surface area is 406 Å². The molecule has 0 amide bonds. The van der Waals surface area contributed by atoms with E-state index < -0.39 is 0 Å². The Balaban J connectivity index is 0.000000129. The third kappa shape index (κ3) is 9.24. The van der Waals surface area contributed by atoms with Gasteiger partial charge in [-0.2, -0.15) is 24.9 Å². The van der Waals surface area contributed by atoms with Crippen LogP contribution in [0.4, 0.5) is 0 Å². The Hall–Kier alpha value is -7.93. The topological polar surface area (TPSA) is 117 Å². The molecular weight excluding hydrogens is 910 g/mol. The molecule has 4 aromatic heterocycles. The highest BCUT2D eigenvalue weighted by Gasteiger charge is 2.15. The molecule has 14 heteroatoms. The van der Waals surface area contributed by atoms with Crippen LogP contribution in [0.25, 0.3) is 89.2 Å². The van der Waals surface area contributed by atoms with E-state index in [0.717, 1.165) is 50.1 Å². The van der Waals surface area contributed by atoms with Crippen molar-refractivity contribution in [1.82, 2.24) is 39.0 Å². The van der Waals surface area contributed by atoms with Crippen molar-refractivity contribution in [2.24, 2.45) is 0 Å². The molecule has 0 unspecified atom stereocenters. The zero-order chi connectivity index (χ0) is 46.4. The van der Waals surface area contributed by atoms with Gasteiger partial charge >= 0.3 is 7.69 Å². The quantitative estimate of drug-likeness (QED) is 0.157. The molecule has 0 saturated carbocycles. The molecule has 0 aliphatic rings. The monoisotopic (exact) mass is 943 g/mol. The second-order valence-corrected chi connectivity index (χ2v) is 16.2. The molecule has 12 rings (SSSR count). The fourth-order valence-corrected chi connectivity index (χ4v) is 8.70. The van der Waals surface area contributed by atoms with E-state index in [1.54, 1.807) is 0 Å². The molecule has 0 spiro atoms. The van der Waals surface area contributed by atoms with Gasteiger partial charge in [0.1, 0.15) is 5.75 Å². The first-order chi connectivity index (χ1) is 33.4. The summed E-state index contributed by atoms with van der Waals surface area (Å²) < 4.78 is 9.56. The number of benzene rings is 8. The summed E-state index contributed by atoms with van der Waals surface area (Å²) in [5, 5.41) is 14.1. The van der Waals surface area contributed by atoms with E-state index in [9.17, 15) is 0 Å². The lowest BCUT2D eigenvalue weighted by Crippen LogP contribution is -2.01. The largest absolute Gasteiger partial charge is 0.569 e. The lowest BCUT2D eigenvalue weighted by Gasteiger charge is -2.10. The van der Waals surface area contributed by atoms with Crippen molar-refractivity contribution in [3.63, 3.8) is 0 Å². The van der Waals surface area contributed by atoms with Crippen molar-refractivity contribution in [3.05, 3.63) is 222 Å². The van der Waals surface area contributed by atoms with Gasteiger partial charge in [0.05, 0.1) is 22.1 Å². The molecule has 10 nitrogen and oxygen atoms in total. The normalized spacial score (nSPS) is 10.9. The minimum atomic E-state index is 0.101. The number of nitrogens with zero attached hydrogens (tertiary/aromatic N) is 8. The van der Waals surface area contributed by atoms with Crippen LogP contribution in [0.2, 0.25) is 15.9 Å². The molecule has 0 aliphatic heterocycles. The lowest BCUT2D eigenvalue weighted by atomic mass is 10.1. The van der Waals surface area contributed by atoms with Crippen molar-refractivity contribution >= 4 is 86.1 Å². The van der Waals surface area contributed by atoms with E-state index in [1.807, 2.05) is 109 Å². The average Bonchev–Trinajstić information content (AvgIpc) is 3.90. The van der Waals surface area contributed by atoms with Crippen molar-refractivity contribution in [2.45, 2.75) is 0 Å². The van der Waals surface area contributed by atoms with Gasteiger partial charge in [0.2, 0.25) is 15.9 Å². The minimum absolute atomic E-state index is 0.101. The molecule has 1 radical (unpaired) electrons. The highest BCUT2D eigenvalue weighted by atomic mass is 35.5. The molecule has 0 aliphatic carbocycles. The van der Waals surface area contributed by atoms with Crippen molar-refractivity contribution in [1.29, 1.82) is 0 Å². The number of hydrogen-bond acceptors (Lipinski definition) is 8. The molecule has 8 aromatic carbocycles. The van der Waals surface area contributed by atoms with Gasteiger partial charge in [0, 0.05) is 55.7 Å². The Bertz CT molecular complexity index is 3600. The second-order valence-electron chi connectivity index (χ2n) is 15.2. The maximum atomic E-state index is 8.83. The number of halogens is 3. The molecule has 68 heavy (non-hydrogen) atoms. The van der Waals surface area contributed by atoms with Gasteiger partial charge in [0.25, 0.3) is 0 Å². The van der Waals surface area contributed by atoms with Gasteiger partial charge in [-0.3, -0.25) is 0 Å². The minimum Gasteiger partial charge on any atom is -0.537 e. The first-order valence-electron chi connectivity index (χ1n) is 21.3. The summed E-state index contributed by atoms with van der Waals surface area (Å²) in [4.78, 5) is 25.0. The molecule has 0 atom stereocenters. The van der Waals surface area contributed by atoms with Gasteiger partial charge in [-0.15, -0.1) is 0 Å². The van der Waals surface area contributed by atoms with E-state index >= 15 is 0 Å². The third-order valence-corrected chi connectivity index (χ3v) is 11.5. The smallest absolute Gasteiger partial charge is 0.537 e. The lowest BCUT2D eigenvalue weighted by molar-refractivity contribution is 0.453. The maximum Gasteiger partial charge on any atom is 0.569 e. The van der Waals surface area contributed by atoms with E-state index in [4.69, 9.17) is 49.5 Å². The number of para-hydroxylation sites is 4. The zero-order valence-corrected chi connectivity index (χ0v) is 38.0. The fourth-order valence-electron chi connectivity index (χ4n) is 8.18. The van der Waals surface area contributed by atoms with Crippen LogP contribution in [0, 0.1) is 0 Å². The summed E-state index contributed by atoms with van der Waals surface area (Å²) in [6.07, 6.45) is 0. The maximum absolute atomic E-state index is 8.83. The predicted octanol–water partition coefficient (Wildman–Crippen LogP) is 13.5. The molecule has 0 saturated heterocycles. The van der Waals surface area contributed by atoms with Crippen LogP contribution >= 0.6 is 34.8 Å². The average molecular weight is 945 g/mol. The summed E-state index contributed by atoms with van der Waals surface area (Å²) in [7, 11) is 0.699. The van der Waals surface area contributed by atoms with Crippen LogP contribution in [0.3, 0.4) is 0 Å². The van der Waals surface area contributed by atoms with E-state index in [2.05, 4.69) is 131 Å². The number of fused-ring (bicyclic) bond motifs is 6. The van der Waals surface area contributed by atoms with Crippen LogP contribution in [0.15, 0.2) is 206 Å². The SMILES string of the molecule is Clc1nc(-c2ccccc2)nc(-c2cccc(-n3c4ccccc4c4ccccc43)c2)n1.Clc1nc(Cl)nc(-c2ccccc2)n1.O[B]Oc1cccc(-n2c3ccccc3c3ccccc32)c1. The van der Waals surface area contributed by atoms with Gasteiger partial charge in [-0.1, -0.05) is 152 Å². The van der Waals surface area contributed by atoms with Crippen molar-refractivity contribution in [3.8, 4) is 51.3 Å². The zero-order valence-electron chi connectivity index (χ0n) is 35.8. The molecular formula is C54H35BCl3N8O2. The summed E-state index contributed by atoms with van der Waals surface area (Å²) in [5.41, 5.74) is 9.28. The molecule has 12 aromatic rings. The van der Waals surface area contributed by atoms with E-state index in [-0.39, 0.29) is 15.9 Å². The first kappa shape index (κ1) is 43.9. The standard InChI is InChI=1S/C27H17ClN4.C18H13BNO2.C9H5Cl2N3/c28-27-30-25(18-9-2-1-3-10-18)29-26(31-27)19-11-8-12-20(17-19)32-23-15-6-4-13-21(23)22-14-5-7-16-24(22)32;21-19-22-14-7-5-6-13(12-14)20-17-10-3-1-8-15(17)16-9-2-4-11-18(16)20;10-8-12-7(13-9(11)14-8)6-4-2-1-3-5-6/h1-17H;1-12,21H;1-5H.